The van der Waals surface area contributed by atoms with Crippen molar-refractivity contribution in [1.29, 1.82) is 0 Å². The first-order valence-electron chi connectivity index (χ1n) is 7.02. The normalized spacial score (nSPS) is 12.7. The Labute approximate surface area is 145 Å². The van der Waals surface area contributed by atoms with Gasteiger partial charge in [-0.05, 0) is 30.5 Å². The molecule has 1 rings (SSSR count). The number of thioether (sulfide) groups is 1. The summed E-state index contributed by atoms with van der Waals surface area (Å²) >= 11 is 1.08. The zero-order chi connectivity index (χ0) is 16.8. The van der Waals surface area contributed by atoms with Crippen LogP contribution in [-0.4, -0.2) is 24.2 Å². The lowest BCUT2D eigenvalue weighted by molar-refractivity contribution is -0.137. The van der Waals surface area contributed by atoms with E-state index in [1.807, 2.05) is 13.8 Å². The van der Waals surface area contributed by atoms with Gasteiger partial charge in [-0.25, -0.2) is 0 Å². The Morgan fingerprint density at radius 1 is 1.35 bits per heavy atom. The summed E-state index contributed by atoms with van der Waals surface area (Å²) in [5.74, 6) is 0.249. The summed E-state index contributed by atoms with van der Waals surface area (Å²) < 4.78 is 37.8. The molecule has 3 nitrogen and oxygen atoms in total. The van der Waals surface area contributed by atoms with Gasteiger partial charge in [0.15, 0.2) is 0 Å². The Hall–Kier alpha value is -0.920. The number of alkyl halides is 3. The van der Waals surface area contributed by atoms with E-state index >= 15 is 0 Å². The number of halogens is 4. The van der Waals surface area contributed by atoms with E-state index in [4.69, 9.17) is 5.73 Å². The number of hydrogen-bond acceptors (Lipinski definition) is 3. The molecule has 1 amide bonds. The molecule has 0 aliphatic rings. The largest absolute Gasteiger partial charge is 0.416 e. The van der Waals surface area contributed by atoms with Crippen LogP contribution >= 0.6 is 24.2 Å². The van der Waals surface area contributed by atoms with Crippen LogP contribution in [0.15, 0.2) is 29.2 Å². The monoisotopic (exact) mass is 370 g/mol. The van der Waals surface area contributed by atoms with E-state index in [-0.39, 0.29) is 30.1 Å². The van der Waals surface area contributed by atoms with Gasteiger partial charge < -0.3 is 11.1 Å². The molecule has 0 bridgehead atoms. The van der Waals surface area contributed by atoms with Crippen molar-refractivity contribution in [2.45, 2.75) is 37.4 Å². The quantitative estimate of drug-likeness (QED) is 0.719. The van der Waals surface area contributed by atoms with E-state index in [1.54, 1.807) is 6.07 Å². The second-order valence-corrected chi connectivity index (χ2v) is 6.49. The van der Waals surface area contributed by atoms with Crippen molar-refractivity contribution >= 4 is 30.1 Å². The lowest BCUT2D eigenvalue weighted by Gasteiger charge is -2.18. The third-order valence-corrected chi connectivity index (χ3v) is 3.93. The molecule has 0 saturated carbocycles. The molecule has 1 aromatic carbocycles. The van der Waals surface area contributed by atoms with Gasteiger partial charge in [-0.15, -0.1) is 24.2 Å². The predicted octanol–water partition coefficient (Wildman–Crippen LogP) is 3.71. The van der Waals surface area contributed by atoms with Crippen molar-refractivity contribution in [3.8, 4) is 0 Å². The Kier molecular flexibility index (Phi) is 9.65. The minimum absolute atomic E-state index is 0. The van der Waals surface area contributed by atoms with Gasteiger partial charge in [0.1, 0.15) is 0 Å². The van der Waals surface area contributed by atoms with E-state index in [2.05, 4.69) is 5.32 Å². The van der Waals surface area contributed by atoms with Gasteiger partial charge in [0, 0.05) is 17.5 Å². The Bertz CT molecular complexity index is 498. The molecule has 0 heterocycles. The van der Waals surface area contributed by atoms with Crippen LogP contribution in [0.2, 0.25) is 0 Å². The van der Waals surface area contributed by atoms with Crippen LogP contribution < -0.4 is 11.1 Å². The third-order valence-electron chi connectivity index (χ3n) is 2.94. The number of hydrogen-bond donors (Lipinski definition) is 2. The van der Waals surface area contributed by atoms with Crippen molar-refractivity contribution in [1.82, 2.24) is 5.32 Å². The van der Waals surface area contributed by atoms with Gasteiger partial charge in [0.2, 0.25) is 5.91 Å². The molecule has 0 aliphatic carbocycles. The average molecular weight is 371 g/mol. The smallest absolute Gasteiger partial charge is 0.351 e. The van der Waals surface area contributed by atoms with Gasteiger partial charge >= 0.3 is 6.18 Å². The van der Waals surface area contributed by atoms with Crippen molar-refractivity contribution in [2.75, 3.05) is 12.3 Å². The molecule has 0 aliphatic heterocycles. The maximum absolute atomic E-state index is 12.6. The molecule has 0 spiro atoms. The molecule has 3 N–H and O–H groups in total. The van der Waals surface area contributed by atoms with Crippen LogP contribution in [0.5, 0.6) is 0 Å². The van der Waals surface area contributed by atoms with Gasteiger partial charge in [-0.2, -0.15) is 13.2 Å². The molecule has 1 unspecified atom stereocenters. The topological polar surface area (TPSA) is 55.1 Å². The third kappa shape index (κ3) is 8.48. The number of benzene rings is 1. The van der Waals surface area contributed by atoms with Crippen LogP contribution in [-0.2, 0) is 11.0 Å². The SMILES string of the molecule is CC(C)CC(CN)NC(=O)CSc1cccc(C(F)(F)F)c1.Cl. The van der Waals surface area contributed by atoms with Gasteiger partial charge in [0.05, 0.1) is 11.3 Å². The minimum Gasteiger partial charge on any atom is -0.351 e. The van der Waals surface area contributed by atoms with Crippen LogP contribution in [0, 0.1) is 5.92 Å². The Balaban J connectivity index is 0.00000484. The zero-order valence-corrected chi connectivity index (χ0v) is 14.7. The Morgan fingerprint density at radius 2 is 2.00 bits per heavy atom. The first-order valence-corrected chi connectivity index (χ1v) is 8.00. The number of nitrogens with two attached hydrogens (primary N) is 1. The summed E-state index contributed by atoms with van der Waals surface area (Å²) in [6, 6.07) is 4.85. The highest BCUT2D eigenvalue weighted by Crippen LogP contribution is 2.31. The lowest BCUT2D eigenvalue weighted by atomic mass is 10.0. The maximum atomic E-state index is 12.6. The molecule has 8 heteroatoms. The van der Waals surface area contributed by atoms with E-state index in [1.165, 1.54) is 6.07 Å². The highest BCUT2D eigenvalue weighted by atomic mass is 35.5. The fourth-order valence-corrected chi connectivity index (χ4v) is 2.73. The lowest BCUT2D eigenvalue weighted by Crippen LogP contribution is -2.41. The fourth-order valence-electron chi connectivity index (χ4n) is 1.96. The molecule has 0 fully saturated rings. The molecule has 0 aromatic heterocycles. The number of rotatable bonds is 7. The molecule has 132 valence electrons. The molecule has 1 atom stereocenters. The van der Waals surface area contributed by atoms with Crippen LogP contribution in [0.3, 0.4) is 0 Å². The van der Waals surface area contributed by atoms with E-state index < -0.39 is 11.7 Å². The first-order chi connectivity index (χ1) is 10.2. The van der Waals surface area contributed by atoms with Crippen LogP contribution in [0.25, 0.3) is 0 Å². The highest BCUT2D eigenvalue weighted by molar-refractivity contribution is 8.00. The molecular weight excluding hydrogens is 349 g/mol. The van der Waals surface area contributed by atoms with Crippen molar-refractivity contribution < 1.29 is 18.0 Å². The highest BCUT2D eigenvalue weighted by Gasteiger charge is 2.30. The number of carbonyl (C=O) groups excluding carboxylic acids is 1. The summed E-state index contributed by atoms with van der Waals surface area (Å²) in [6.45, 7) is 4.41. The van der Waals surface area contributed by atoms with Crippen LogP contribution in [0.1, 0.15) is 25.8 Å². The van der Waals surface area contributed by atoms with Crippen molar-refractivity contribution in [3.63, 3.8) is 0 Å². The number of nitrogens with one attached hydrogen (secondary N) is 1. The summed E-state index contributed by atoms with van der Waals surface area (Å²) in [4.78, 5) is 12.3. The van der Waals surface area contributed by atoms with Gasteiger partial charge in [-0.3, -0.25) is 4.79 Å². The number of amides is 1. The second kappa shape index (κ2) is 10.1. The summed E-state index contributed by atoms with van der Waals surface area (Å²) in [5.41, 5.74) is 4.89. The number of carbonyl (C=O) groups is 1. The summed E-state index contributed by atoms with van der Waals surface area (Å²) in [6.07, 6.45) is -3.60. The van der Waals surface area contributed by atoms with Crippen LogP contribution in [0.4, 0.5) is 13.2 Å². The zero-order valence-electron chi connectivity index (χ0n) is 13.0. The van der Waals surface area contributed by atoms with Gasteiger partial charge in [-0.1, -0.05) is 19.9 Å². The summed E-state index contributed by atoms with van der Waals surface area (Å²) in [7, 11) is 0. The van der Waals surface area contributed by atoms with E-state index in [0.29, 0.717) is 17.4 Å². The first kappa shape index (κ1) is 22.1. The van der Waals surface area contributed by atoms with E-state index in [9.17, 15) is 18.0 Å². The summed E-state index contributed by atoms with van der Waals surface area (Å²) in [5, 5.41) is 2.81. The van der Waals surface area contributed by atoms with E-state index in [0.717, 1.165) is 30.3 Å². The molecular formula is C15H22ClF3N2OS. The van der Waals surface area contributed by atoms with Crippen molar-refractivity contribution in [3.05, 3.63) is 29.8 Å². The predicted molar refractivity (Wildman–Crippen MR) is 89.9 cm³/mol. The van der Waals surface area contributed by atoms with Crippen molar-refractivity contribution in [2.24, 2.45) is 11.7 Å². The molecule has 23 heavy (non-hydrogen) atoms. The fraction of sp³-hybridized carbons (Fsp3) is 0.533. The standard InChI is InChI=1S/C15H21F3N2OS.ClH/c1-10(2)6-12(8-19)20-14(21)9-22-13-5-3-4-11(7-13)15(16,17)18;/h3-5,7,10,12H,6,8-9,19H2,1-2H3,(H,20,21);1H. The minimum atomic E-state index is -4.37. The average Bonchev–Trinajstić information content (AvgIpc) is 2.43. The second-order valence-electron chi connectivity index (χ2n) is 5.44. The molecule has 0 radical (unpaired) electrons. The Morgan fingerprint density at radius 3 is 2.52 bits per heavy atom. The molecule has 1 aromatic rings. The van der Waals surface area contributed by atoms with Gasteiger partial charge in [0.25, 0.3) is 0 Å². The molecule has 0 saturated heterocycles. The maximum Gasteiger partial charge on any atom is 0.416 e.